The Morgan fingerprint density at radius 3 is 2.72 bits per heavy atom. The molecule has 0 atom stereocenters. The molecule has 0 aliphatic rings. The molecule has 0 unspecified atom stereocenters. The van der Waals surface area contributed by atoms with E-state index in [2.05, 4.69) is 9.97 Å². The van der Waals surface area contributed by atoms with Crippen LogP contribution in [-0.4, -0.2) is 9.97 Å². The minimum atomic E-state index is 0.674. The predicted molar refractivity (Wildman–Crippen MR) is 74.8 cm³/mol. The summed E-state index contributed by atoms with van der Waals surface area (Å²) in [4.78, 5) is 7.77. The van der Waals surface area contributed by atoms with E-state index in [1.807, 2.05) is 42.5 Å². The highest BCUT2D eigenvalue weighted by atomic mass is 35.5. The van der Waals surface area contributed by atoms with Gasteiger partial charge in [-0.3, -0.25) is 0 Å². The third-order valence-corrected chi connectivity index (χ3v) is 3.28. The first-order chi connectivity index (χ1) is 8.74. The van der Waals surface area contributed by atoms with Crippen molar-refractivity contribution in [2.45, 2.75) is 6.42 Å². The standard InChI is InChI=1S/C14H12ClN3/c15-10-5-2-1-4-9(10)8-13-17-12-7-3-6-11(16)14(12)18-13/h1-7H,8,16H2,(H,17,18). The lowest BCUT2D eigenvalue weighted by Crippen LogP contribution is -1.91. The van der Waals surface area contributed by atoms with Gasteiger partial charge >= 0.3 is 0 Å². The molecule has 90 valence electrons. The molecule has 0 amide bonds. The molecule has 0 aliphatic carbocycles. The van der Waals surface area contributed by atoms with Gasteiger partial charge in [0, 0.05) is 11.4 Å². The van der Waals surface area contributed by atoms with Gasteiger partial charge in [0.2, 0.25) is 0 Å². The smallest absolute Gasteiger partial charge is 0.111 e. The zero-order valence-electron chi connectivity index (χ0n) is 9.65. The highest BCUT2D eigenvalue weighted by Gasteiger charge is 2.07. The number of nitrogens with zero attached hydrogens (tertiary/aromatic N) is 1. The Balaban J connectivity index is 2.01. The van der Waals surface area contributed by atoms with Crippen LogP contribution in [0, 0.1) is 0 Å². The molecule has 0 bridgehead atoms. The van der Waals surface area contributed by atoms with Crippen LogP contribution in [-0.2, 0) is 6.42 Å². The van der Waals surface area contributed by atoms with E-state index < -0.39 is 0 Å². The number of hydrogen-bond acceptors (Lipinski definition) is 2. The Kier molecular flexibility index (Phi) is 2.68. The number of fused-ring (bicyclic) bond motifs is 1. The second-order valence-corrected chi connectivity index (χ2v) is 4.60. The van der Waals surface area contributed by atoms with Crippen LogP contribution in [0.25, 0.3) is 11.0 Å². The Morgan fingerprint density at radius 1 is 1.11 bits per heavy atom. The molecule has 1 heterocycles. The van der Waals surface area contributed by atoms with E-state index in [1.165, 1.54) is 0 Å². The highest BCUT2D eigenvalue weighted by Crippen LogP contribution is 2.22. The van der Waals surface area contributed by atoms with Gasteiger partial charge in [0.15, 0.2) is 0 Å². The SMILES string of the molecule is Nc1cccc2[nH]c(Cc3ccccc3Cl)nc12. The van der Waals surface area contributed by atoms with Crippen molar-refractivity contribution in [3.05, 3.63) is 58.9 Å². The van der Waals surface area contributed by atoms with Gasteiger partial charge in [0.1, 0.15) is 11.3 Å². The van der Waals surface area contributed by atoms with Crippen LogP contribution in [0.3, 0.4) is 0 Å². The number of nitrogens with one attached hydrogen (secondary N) is 1. The third-order valence-electron chi connectivity index (χ3n) is 2.91. The van der Waals surface area contributed by atoms with Crippen LogP contribution >= 0.6 is 11.6 Å². The lowest BCUT2D eigenvalue weighted by Gasteiger charge is -2.00. The molecule has 18 heavy (non-hydrogen) atoms. The van der Waals surface area contributed by atoms with E-state index in [9.17, 15) is 0 Å². The molecule has 0 fully saturated rings. The van der Waals surface area contributed by atoms with Gasteiger partial charge in [-0.25, -0.2) is 4.98 Å². The fourth-order valence-electron chi connectivity index (χ4n) is 2.01. The number of nitrogens with two attached hydrogens (primary N) is 1. The molecular weight excluding hydrogens is 246 g/mol. The Bertz CT molecular complexity index is 703. The van der Waals surface area contributed by atoms with Crippen molar-refractivity contribution < 1.29 is 0 Å². The number of imidazole rings is 1. The zero-order valence-corrected chi connectivity index (χ0v) is 10.4. The number of H-pyrrole nitrogens is 1. The van der Waals surface area contributed by atoms with Gasteiger partial charge in [0.25, 0.3) is 0 Å². The van der Waals surface area contributed by atoms with Crippen LogP contribution in [0.1, 0.15) is 11.4 Å². The first-order valence-corrected chi connectivity index (χ1v) is 6.08. The summed E-state index contributed by atoms with van der Waals surface area (Å²) in [5.41, 5.74) is 9.40. The third kappa shape index (κ3) is 1.93. The number of anilines is 1. The lowest BCUT2D eigenvalue weighted by atomic mass is 10.1. The monoisotopic (exact) mass is 257 g/mol. The second-order valence-electron chi connectivity index (χ2n) is 4.20. The van der Waals surface area contributed by atoms with Gasteiger partial charge in [0.05, 0.1) is 11.2 Å². The second kappa shape index (κ2) is 4.35. The summed E-state index contributed by atoms with van der Waals surface area (Å²) in [6.45, 7) is 0. The molecule has 2 aromatic carbocycles. The quantitative estimate of drug-likeness (QED) is 0.692. The van der Waals surface area contributed by atoms with Crippen molar-refractivity contribution in [3.8, 4) is 0 Å². The average Bonchev–Trinajstić information content (AvgIpc) is 2.76. The summed E-state index contributed by atoms with van der Waals surface area (Å²) in [7, 11) is 0. The number of benzene rings is 2. The number of rotatable bonds is 2. The molecule has 3 aromatic rings. The minimum Gasteiger partial charge on any atom is -0.397 e. The maximum Gasteiger partial charge on any atom is 0.111 e. The Labute approximate surface area is 110 Å². The summed E-state index contributed by atoms with van der Waals surface area (Å²) in [5, 5.41) is 0.755. The summed E-state index contributed by atoms with van der Waals surface area (Å²) >= 11 is 6.14. The largest absolute Gasteiger partial charge is 0.397 e. The van der Waals surface area contributed by atoms with E-state index in [0.717, 1.165) is 27.4 Å². The molecule has 4 heteroatoms. The molecule has 1 aromatic heterocycles. The summed E-state index contributed by atoms with van der Waals surface area (Å²) in [6, 6.07) is 13.5. The molecule has 0 saturated carbocycles. The summed E-state index contributed by atoms with van der Waals surface area (Å²) in [5.74, 6) is 0.871. The Hall–Kier alpha value is -2.00. The van der Waals surface area contributed by atoms with E-state index in [-0.39, 0.29) is 0 Å². The summed E-state index contributed by atoms with van der Waals surface area (Å²) in [6.07, 6.45) is 0.674. The van der Waals surface area contributed by atoms with Crippen LogP contribution in [0.4, 0.5) is 5.69 Å². The Morgan fingerprint density at radius 2 is 1.94 bits per heavy atom. The van der Waals surface area contributed by atoms with Crippen molar-refractivity contribution >= 4 is 28.3 Å². The van der Waals surface area contributed by atoms with Crippen molar-refractivity contribution in [1.82, 2.24) is 9.97 Å². The number of aromatic nitrogens is 2. The fraction of sp³-hybridized carbons (Fsp3) is 0.0714. The van der Waals surface area contributed by atoms with Crippen molar-refractivity contribution in [1.29, 1.82) is 0 Å². The van der Waals surface area contributed by atoms with Crippen LogP contribution in [0.2, 0.25) is 5.02 Å². The van der Waals surface area contributed by atoms with Crippen LogP contribution in [0.15, 0.2) is 42.5 Å². The first-order valence-electron chi connectivity index (χ1n) is 5.70. The van der Waals surface area contributed by atoms with Crippen LogP contribution < -0.4 is 5.73 Å². The molecule has 3 rings (SSSR count). The number of halogens is 1. The van der Waals surface area contributed by atoms with Crippen molar-refractivity contribution in [3.63, 3.8) is 0 Å². The molecule has 3 nitrogen and oxygen atoms in total. The van der Waals surface area contributed by atoms with Gasteiger partial charge in [-0.2, -0.15) is 0 Å². The molecule has 0 spiro atoms. The maximum atomic E-state index is 6.14. The van der Waals surface area contributed by atoms with E-state index in [0.29, 0.717) is 12.1 Å². The molecule has 3 N–H and O–H groups in total. The van der Waals surface area contributed by atoms with E-state index in [4.69, 9.17) is 17.3 Å². The van der Waals surface area contributed by atoms with E-state index in [1.54, 1.807) is 0 Å². The number of aromatic amines is 1. The fourth-order valence-corrected chi connectivity index (χ4v) is 2.21. The van der Waals surface area contributed by atoms with Gasteiger partial charge in [-0.05, 0) is 23.8 Å². The number of hydrogen-bond donors (Lipinski definition) is 2. The lowest BCUT2D eigenvalue weighted by molar-refractivity contribution is 1.04. The van der Waals surface area contributed by atoms with Gasteiger partial charge < -0.3 is 10.7 Å². The normalized spacial score (nSPS) is 10.9. The van der Waals surface area contributed by atoms with Gasteiger partial charge in [-0.15, -0.1) is 0 Å². The molecule has 0 saturated heterocycles. The molecule has 0 radical (unpaired) electrons. The number of para-hydroxylation sites is 1. The number of nitrogen functional groups attached to an aromatic ring is 1. The maximum absolute atomic E-state index is 6.14. The van der Waals surface area contributed by atoms with E-state index >= 15 is 0 Å². The first kappa shape index (κ1) is 11.1. The average molecular weight is 258 g/mol. The topological polar surface area (TPSA) is 54.7 Å². The zero-order chi connectivity index (χ0) is 12.5. The molecule has 0 aliphatic heterocycles. The van der Waals surface area contributed by atoms with Crippen LogP contribution in [0.5, 0.6) is 0 Å². The minimum absolute atomic E-state index is 0.674. The van der Waals surface area contributed by atoms with Crippen molar-refractivity contribution in [2.75, 3.05) is 5.73 Å². The highest BCUT2D eigenvalue weighted by molar-refractivity contribution is 6.31. The van der Waals surface area contributed by atoms with Crippen molar-refractivity contribution in [2.24, 2.45) is 0 Å². The molecular formula is C14H12ClN3. The summed E-state index contributed by atoms with van der Waals surface area (Å²) < 4.78 is 0. The predicted octanol–water partition coefficient (Wildman–Crippen LogP) is 3.39. The van der Waals surface area contributed by atoms with Gasteiger partial charge in [-0.1, -0.05) is 35.9 Å².